The highest BCUT2D eigenvalue weighted by Crippen LogP contribution is 2.10. The molecule has 0 fully saturated rings. The van der Waals surface area contributed by atoms with Crippen molar-refractivity contribution in [3.8, 4) is 0 Å². The van der Waals surface area contributed by atoms with E-state index in [1.54, 1.807) is 6.08 Å². The standard InChI is InChI=1S/C23H23N3/c1-4-6-15-20(5-2)23(25-18-19-13-9-7-10-14-19)26-22(24-3)21-16-11-8-12-17-21/h4-17H,2-3,18H2,1H3/b6-4-,20-15+,25-23?,26-22?. The Hall–Kier alpha value is -3.33. The van der Waals surface area contributed by atoms with E-state index in [9.17, 15) is 0 Å². The highest BCUT2D eigenvalue weighted by molar-refractivity contribution is 6.13. The number of nitrogens with zero attached hydrogens (tertiary/aromatic N) is 3. The molecular formula is C23H23N3. The molecule has 130 valence electrons. The third-order valence-corrected chi connectivity index (χ3v) is 3.59. The first-order chi connectivity index (χ1) is 12.8. The van der Waals surface area contributed by atoms with Crippen LogP contribution in [-0.2, 0) is 6.54 Å². The first kappa shape index (κ1) is 19.0. The van der Waals surface area contributed by atoms with E-state index in [1.807, 2.05) is 85.8 Å². The molecule has 0 atom stereocenters. The third-order valence-electron chi connectivity index (χ3n) is 3.59. The van der Waals surface area contributed by atoms with E-state index in [4.69, 9.17) is 4.99 Å². The molecule has 3 heteroatoms. The van der Waals surface area contributed by atoms with Crippen LogP contribution in [0, 0.1) is 0 Å². The average Bonchev–Trinajstić information content (AvgIpc) is 2.71. The van der Waals surface area contributed by atoms with Gasteiger partial charge in [-0.2, -0.15) is 0 Å². The lowest BCUT2D eigenvalue weighted by Crippen LogP contribution is -2.05. The van der Waals surface area contributed by atoms with E-state index < -0.39 is 0 Å². The minimum atomic E-state index is 0.528. The number of aliphatic imine (C=N–C) groups is 3. The third kappa shape index (κ3) is 5.64. The van der Waals surface area contributed by atoms with Gasteiger partial charge in [0.15, 0.2) is 11.7 Å². The second-order valence-electron chi connectivity index (χ2n) is 5.44. The molecule has 0 aliphatic carbocycles. The fraction of sp³-hybridized carbons (Fsp3) is 0.0870. The summed E-state index contributed by atoms with van der Waals surface area (Å²) in [7, 11) is 0. The van der Waals surface area contributed by atoms with Gasteiger partial charge in [0, 0.05) is 11.1 Å². The maximum Gasteiger partial charge on any atom is 0.161 e. The van der Waals surface area contributed by atoms with E-state index in [0.29, 0.717) is 18.2 Å². The van der Waals surface area contributed by atoms with Crippen LogP contribution in [0.2, 0.25) is 0 Å². The van der Waals surface area contributed by atoms with Gasteiger partial charge in [0.2, 0.25) is 0 Å². The predicted octanol–water partition coefficient (Wildman–Crippen LogP) is 5.42. The number of amidine groups is 2. The van der Waals surface area contributed by atoms with Gasteiger partial charge in [0.1, 0.15) is 0 Å². The van der Waals surface area contributed by atoms with Gasteiger partial charge in [-0.1, -0.05) is 91.5 Å². The molecule has 0 bridgehead atoms. The van der Waals surface area contributed by atoms with Crippen LogP contribution >= 0.6 is 0 Å². The molecule has 26 heavy (non-hydrogen) atoms. The van der Waals surface area contributed by atoms with Crippen LogP contribution < -0.4 is 0 Å². The van der Waals surface area contributed by atoms with Gasteiger partial charge in [0.25, 0.3) is 0 Å². The molecule has 0 N–H and O–H groups in total. The van der Waals surface area contributed by atoms with Crippen molar-refractivity contribution in [2.75, 3.05) is 0 Å². The second-order valence-corrected chi connectivity index (χ2v) is 5.44. The molecule has 0 spiro atoms. The van der Waals surface area contributed by atoms with Crippen molar-refractivity contribution >= 4 is 18.4 Å². The minimum Gasteiger partial charge on any atom is -0.261 e. The number of hydrogen-bond donors (Lipinski definition) is 0. The average molecular weight is 341 g/mol. The van der Waals surface area contributed by atoms with Crippen LogP contribution in [0.1, 0.15) is 18.1 Å². The molecule has 2 aromatic rings. The minimum absolute atomic E-state index is 0.528. The summed E-state index contributed by atoms with van der Waals surface area (Å²) in [6.45, 7) is 10.0. The van der Waals surface area contributed by atoms with Gasteiger partial charge < -0.3 is 0 Å². The van der Waals surface area contributed by atoms with Gasteiger partial charge in [-0.25, -0.2) is 9.98 Å². The molecule has 0 radical (unpaired) electrons. The molecular weight excluding hydrogens is 318 g/mol. The van der Waals surface area contributed by atoms with Crippen LogP contribution in [0.4, 0.5) is 0 Å². The Morgan fingerprint density at radius 1 is 1.00 bits per heavy atom. The quantitative estimate of drug-likeness (QED) is 0.382. The van der Waals surface area contributed by atoms with Gasteiger partial charge in [0.05, 0.1) is 6.54 Å². The summed E-state index contributed by atoms with van der Waals surface area (Å²) < 4.78 is 0. The molecule has 2 aromatic carbocycles. The summed E-state index contributed by atoms with van der Waals surface area (Å²) in [5.74, 6) is 1.11. The van der Waals surface area contributed by atoms with Gasteiger partial charge >= 0.3 is 0 Å². The zero-order valence-electron chi connectivity index (χ0n) is 15.0. The second kappa shape index (κ2) is 10.5. The zero-order valence-corrected chi connectivity index (χ0v) is 15.0. The Bertz CT molecular complexity index is 842. The van der Waals surface area contributed by atoms with Crippen molar-refractivity contribution in [3.63, 3.8) is 0 Å². The molecule has 0 unspecified atom stereocenters. The van der Waals surface area contributed by atoms with Gasteiger partial charge in [-0.05, 0) is 19.2 Å². The summed E-state index contributed by atoms with van der Waals surface area (Å²) >= 11 is 0. The first-order valence-corrected chi connectivity index (χ1v) is 8.43. The summed E-state index contributed by atoms with van der Waals surface area (Å²) in [6, 6.07) is 19.8. The number of allylic oxidation sites excluding steroid dienone is 3. The lowest BCUT2D eigenvalue weighted by Gasteiger charge is -2.06. The Kier molecular flexibility index (Phi) is 7.69. The number of rotatable bonds is 6. The van der Waals surface area contributed by atoms with Crippen molar-refractivity contribution in [2.24, 2.45) is 15.0 Å². The molecule has 0 saturated heterocycles. The molecule has 0 aromatic heterocycles. The van der Waals surface area contributed by atoms with E-state index in [0.717, 1.165) is 16.7 Å². The highest BCUT2D eigenvalue weighted by atomic mass is 15.0. The van der Waals surface area contributed by atoms with Crippen molar-refractivity contribution in [1.82, 2.24) is 0 Å². The summed E-state index contributed by atoms with van der Waals surface area (Å²) in [5, 5.41) is 0. The van der Waals surface area contributed by atoms with Crippen LogP contribution in [0.25, 0.3) is 0 Å². The molecule has 0 aliphatic heterocycles. The van der Waals surface area contributed by atoms with Crippen LogP contribution in [-0.4, -0.2) is 18.4 Å². The molecule has 2 rings (SSSR count). The summed E-state index contributed by atoms with van der Waals surface area (Å²) in [6.07, 6.45) is 7.57. The Balaban J connectivity index is 2.46. The van der Waals surface area contributed by atoms with Crippen molar-refractivity contribution in [2.45, 2.75) is 13.5 Å². The smallest absolute Gasteiger partial charge is 0.161 e. The molecule has 3 nitrogen and oxygen atoms in total. The zero-order chi connectivity index (χ0) is 18.6. The molecule has 0 amide bonds. The summed E-state index contributed by atoms with van der Waals surface area (Å²) in [5.41, 5.74) is 2.84. The highest BCUT2D eigenvalue weighted by Gasteiger charge is 2.06. The fourth-order valence-electron chi connectivity index (χ4n) is 2.25. The van der Waals surface area contributed by atoms with Crippen molar-refractivity contribution < 1.29 is 0 Å². The summed E-state index contributed by atoms with van der Waals surface area (Å²) in [4.78, 5) is 13.5. The number of benzene rings is 2. The van der Waals surface area contributed by atoms with Crippen molar-refractivity contribution in [3.05, 3.63) is 108 Å². The first-order valence-electron chi connectivity index (χ1n) is 8.43. The lowest BCUT2D eigenvalue weighted by molar-refractivity contribution is 1.06. The van der Waals surface area contributed by atoms with Crippen molar-refractivity contribution in [1.29, 1.82) is 0 Å². The SMILES string of the molecule is C=C/C(=C\C=C/C)C(=NCc1ccccc1)N=C(N=C)c1ccccc1. The number of hydrogen-bond acceptors (Lipinski definition) is 1. The molecule has 0 heterocycles. The Morgan fingerprint density at radius 2 is 1.65 bits per heavy atom. The maximum absolute atomic E-state index is 4.70. The van der Waals surface area contributed by atoms with Crippen LogP contribution in [0.3, 0.4) is 0 Å². The fourth-order valence-corrected chi connectivity index (χ4v) is 2.25. The Labute approximate surface area is 155 Å². The van der Waals surface area contributed by atoms with E-state index in [2.05, 4.69) is 23.3 Å². The lowest BCUT2D eigenvalue weighted by atomic mass is 10.2. The Morgan fingerprint density at radius 3 is 2.23 bits per heavy atom. The van der Waals surface area contributed by atoms with E-state index in [1.165, 1.54) is 0 Å². The van der Waals surface area contributed by atoms with Gasteiger partial charge in [-0.15, -0.1) is 0 Å². The van der Waals surface area contributed by atoms with E-state index in [-0.39, 0.29) is 0 Å². The maximum atomic E-state index is 4.70. The van der Waals surface area contributed by atoms with E-state index >= 15 is 0 Å². The normalized spacial score (nSPS) is 13.0. The topological polar surface area (TPSA) is 37.1 Å². The largest absolute Gasteiger partial charge is 0.261 e. The van der Waals surface area contributed by atoms with Crippen LogP contribution in [0.5, 0.6) is 0 Å². The molecule has 0 saturated carbocycles. The monoisotopic (exact) mass is 341 g/mol. The molecule has 0 aliphatic rings. The predicted molar refractivity (Wildman–Crippen MR) is 113 cm³/mol. The van der Waals surface area contributed by atoms with Gasteiger partial charge in [-0.3, -0.25) is 4.99 Å². The van der Waals surface area contributed by atoms with Crippen LogP contribution in [0.15, 0.2) is 112 Å².